The van der Waals surface area contributed by atoms with E-state index in [1.807, 2.05) is 13.8 Å². The number of rotatable bonds is 5. The van der Waals surface area contributed by atoms with Gasteiger partial charge in [-0.25, -0.2) is 4.98 Å². The largest absolute Gasteiger partial charge is 0.345 e. The summed E-state index contributed by atoms with van der Waals surface area (Å²) >= 11 is 0. The molecule has 0 unspecified atom stereocenters. The second-order valence-electron chi connectivity index (χ2n) is 4.77. The van der Waals surface area contributed by atoms with Crippen molar-refractivity contribution in [3.63, 3.8) is 0 Å². The van der Waals surface area contributed by atoms with Crippen LogP contribution in [0.5, 0.6) is 0 Å². The van der Waals surface area contributed by atoms with Gasteiger partial charge in [0.2, 0.25) is 5.82 Å². The minimum absolute atomic E-state index is 0.0253. The quantitative estimate of drug-likeness (QED) is 0.643. The topological polar surface area (TPSA) is 114 Å². The zero-order valence-electron chi connectivity index (χ0n) is 11.7. The standard InChI is InChI=1S/C13H15N5O3/c1-8(2)11-15-12(17-16-11)13(19)14-7-9-5-3-4-6-10(9)18(20)21/h3-6,8H,7H2,1-2H3,(H,14,19)(H,15,16,17). The molecule has 2 N–H and O–H groups in total. The SMILES string of the molecule is CC(C)c1nc(C(=O)NCc2ccccc2[N+](=O)[O-])n[nH]1. The average molecular weight is 289 g/mol. The van der Waals surface area contributed by atoms with Gasteiger partial charge in [-0.3, -0.25) is 20.0 Å². The number of nitro groups is 1. The molecule has 21 heavy (non-hydrogen) atoms. The average Bonchev–Trinajstić information content (AvgIpc) is 2.95. The Morgan fingerprint density at radius 1 is 1.43 bits per heavy atom. The maximum atomic E-state index is 11.9. The molecule has 0 spiro atoms. The third-order valence-corrected chi connectivity index (χ3v) is 2.88. The summed E-state index contributed by atoms with van der Waals surface area (Å²) in [5, 5.41) is 20.0. The highest BCUT2D eigenvalue weighted by Crippen LogP contribution is 2.17. The lowest BCUT2D eigenvalue weighted by molar-refractivity contribution is -0.385. The monoisotopic (exact) mass is 289 g/mol. The molecule has 0 aliphatic carbocycles. The molecule has 1 heterocycles. The molecule has 0 radical (unpaired) electrons. The summed E-state index contributed by atoms with van der Waals surface area (Å²) in [7, 11) is 0. The number of hydrogen-bond acceptors (Lipinski definition) is 5. The van der Waals surface area contributed by atoms with E-state index in [0.717, 1.165) is 0 Å². The summed E-state index contributed by atoms with van der Waals surface area (Å²) in [6, 6.07) is 6.24. The second-order valence-corrected chi connectivity index (χ2v) is 4.77. The van der Waals surface area contributed by atoms with Crippen LogP contribution in [0.1, 0.15) is 41.8 Å². The minimum Gasteiger partial charge on any atom is -0.345 e. The first kappa shape index (κ1) is 14.6. The van der Waals surface area contributed by atoms with Gasteiger partial charge in [0.05, 0.1) is 4.92 Å². The van der Waals surface area contributed by atoms with Crippen molar-refractivity contribution in [2.75, 3.05) is 0 Å². The smallest absolute Gasteiger partial charge is 0.291 e. The Balaban J connectivity index is 2.06. The molecule has 0 aliphatic rings. The maximum absolute atomic E-state index is 11.9. The van der Waals surface area contributed by atoms with Crippen LogP contribution in [0.4, 0.5) is 5.69 Å². The van der Waals surface area contributed by atoms with Crippen molar-refractivity contribution in [2.24, 2.45) is 0 Å². The second kappa shape index (κ2) is 6.12. The van der Waals surface area contributed by atoms with Gasteiger partial charge in [-0.1, -0.05) is 32.0 Å². The number of hydrogen-bond donors (Lipinski definition) is 2. The molecular weight excluding hydrogens is 274 g/mol. The van der Waals surface area contributed by atoms with Gasteiger partial charge in [-0.15, -0.1) is 5.10 Å². The van der Waals surface area contributed by atoms with E-state index in [4.69, 9.17) is 0 Å². The summed E-state index contributed by atoms with van der Waals surface area (Å²) in [6.07, 6.45) is 0. The lowest BCUT2D eigenvalue weighted by Gasteiger charge is -2.03. The molecule has 2 rings (SSSR count). The van der Waals surface area contributed by atoms with Crippen LogP contribution >= 0.6 is 0 Å². The number of benzene rings is 1. The number of nitro benzene ring substituents is 1. The van der Waals surface area contributed by atoms with Crippen molar-refractivity contribution in [2.45, 2.75) is 26.3 Å². The van der Waals surface area contributed by atoms with Gasteiger partial charge in [-0.05, 0) is 0 Å². The lowest BCUT2D eigenvalue weighted by atomic mass is 10.2. The molecule has 8 heteroatoms. The number of H-pyrrole nitrogens is 1. The van der Waals surface area contributed by atoms with Crippen LogP contribution < -0.4 is 5.32 Å². The first-order valence-corrected chi connectivity index (χ1v) is 6.42. The Kier molecular flexibility index (Phi) is 4.27. The van der Waals surface area contributed by atoms with Gasteiger partial charge in [-0.2, -0.15) is 0 Å². The molecule has 0 fully saturated rings. The Bertz CT molecular complexity index is 665. The van der Waals surface area contributed by atoms with Crippen molar-refractivity contribution < 1.29 is 9.72 Å². The highest BCUT2D eigenvalue weighted by molar-refractivity contribution is 5.90. The number of amides is 1. The number of nitrogens with one attached hydrogen (secondary N) is 2. The summed E-state index contributed by atoms with van der Waals surface area (Å²) in [5.74, 6) is 0.300. The Morgan fingerprint density at radius 3 is 2.76 bits per heavy atom. The van der Waals surface area contributed by atoms with Crippen molar-refractivity contribution in [3.8, 4) is 0 Å². The minimum atomic E-state index is -0.481. The van der Waals surface area contributed by atoms with E-state index in [-0.39, 0.29) is 24.0 Å². The zero-order valence-corrected chi connectivity index (χ0v) is 11.7. The first-order chi connectivity index (χ1) is 9.99. The Hall–Kier alpha value is -2.77. The molecule has 0 saturated heterocycles. The molecule has 0 atom stereocenters. The van der Waals surface area contributed by atoms with Crippen LogP contribution in [-0.4, -0.2) is 26.0 Å². The van der Waals surface area contributed by atoms with Gasteiger partial charge >= 0.3 is 0 Å². The first-order valence-electron chi connectivity index (χ1n) is 6.42. The molecule has 0 saturated carbocycles. The van der Waals surface area contributed by atoms with E-state index in [9.17, 15) is 14.9 Å². The zero-order chi connectivity index (χ0) is 15.4. The predicted octanol–water partition coefficient (Wildman–Crippen LogP) is 1.77. The molecular formula is C13H15N5O3. The molecule has 0 aliphatic heterocycles. The van der Waals surface area contributed by atoms with E-state index in [1.54, 1.807) is 18.2 Å². The fraction of sp³-hybridized carbons (Fsp3) is 0.308. The van der Waals surface area contributed by atoms with E-state index in [1.165, 1.54) is 6.07 Å². The van der Waals surface area contributed by atoms with Gasteiger partial charge < -0.3 is 5.32 Å². The number of carbonyl (C=O) groups excluding carboxylic acids is 1. The van der Waals surface area contributed by atoms with E-state index < -0.39 is 10.8 Å². The maximum Gasteiger partial charge on any atom is 0.291 e. The number of nitrogens with zero attached hydrogens (tertiary/aromatic N) is 3. The molecule has 1 aromatic carbocycles. The summed E-state index contributed by atoms with van der Waals surface area (Å²) in [5.41, 5.74) is 0.395. The van der Waals surface area contributed by atoms with Crippen molar-refractivity contribution in [1.82, 2.24) is 20.5 Å². The van der Waals surface area contributed by atoms with Crippen LogP contribution in [0, 0.1) is 10.1 Å². The lowest BCUT2D eigenvalue weighted by Crippen LogP contribution is -2.24. The summed E-state index contributed by atoms with van der Waals surface area (Å²) in [4.78, 5) is 26.4. The molecule has 110 valence electrons. The third-order valence-electron chi connectivity index (χ3n) is 2.88. The van der Waals surface area contributed by atoms with Gasteiger partial charge in [0.1, 0.15) is 5.82 Å². The van der Waals surface area contributed by atoms with Crippen molar-refractivity contribution in [1.29, 1.82) is 0 Å². The molecule has 2 aromatic rings. The van der Waals surface area contributed by atoms with Crippen molar-refractivity contribution in [3.05, 3.63) is 51.6 Å². The number of aromatic nitrogens is 3. The fourth-order valence-electron chi connectivity index (χ4n) is 1.73. The van der Waals surface area contributed by atoms with E-state index in [0.29, 0.717) is 11.4 Å². The normalized spacial score (nSPS) is 10.6. The van der Waals surface area contributed by atoms with Crippen LogP contribution in [0.2, 0.25) is 0 Å². The summed E-state index contributed by atoms with van der Waals surface area (Å²) < 4.78 is 0. The molecule has 8 nitrogen and oxygen atoms in total. The van der Waals surface area contributed by atoms with Crippen LogP contribution in [0.3, 0.4) is 0 Å². The number of aromatic amines is 1. The Labute approximate surface area is 120 Å². The van der Waals surface area contributed by atoms with Crippen LogP contribution in [0.25, 0.3) is 0 Å². The number of para-hydroxylation sites is 1. The predicted molar refractivity (Wildman–Crippen MR) is 74.7 cm³/mol. The van der Waals surface area contributed by atoms with Crippen LogP contribution in [-0.2, 0) is 6.54 Å². The highest BCUT2D eigenvalue weighted by atomic mass is 16.6. The summed E-state index contributed by atoms with van der Waals surface area (Å²) in [6.45, 7) is 3.90. The number of carbonyl (C=O) groups is 1. The van der Waals surface area contributed by atoms with Gasteiger partial charge in [0.25, 0.3) is 11.6 Å². The third kappa shape index (κ3) is 3.41. The Morgan fingerprint density at radius 2 is 2.14 bits per heavy atom. The van der Waals surface area contributed by atoms with E-state index in [2.05, 4.69) is 20.5 Å². The molecule has 0 bridgehead atoms. The molecule has 1 aromatic heterocycles. The van der Waals surface area contributed by atoms with Crippen LogP contribution in [0.15, 0.2) is 24.3 Å². The fourth-order valence-corrected chi connectivity index (χ4v) is 1.73. The van der Waals surface area contributed by atoms with Gasteiger partial charge in [0.15, 0.2) is 0 Å². The van der Waals surface area contributed by atoms with Crippen molar-refractivity contribution >= 4 is 11.6 Å². The highest BCUT2D eigenvalue weighted by Gasteiger charge is 2.16. The van der Waals surface area contributed by atoms with E-state index >= 15 is 0 Å². The van der Waals surface area contributed by atoms with Gasteiger partial charge in [0, 0.05) is 24.1 Å². The molecule has 1 amide bonds.